The molecule has 12 heavy (non-hydrogen) atoms. The first-order valence-electron chi connectivity index (χ1n) is 4.23. The van der Waals surface area contributed by atoms with Gasteiger partial charge in [0.25, 0.3) is 0 Å². The standard InChI is InChI=1S/C10H16O2/c1-7-5-8(9(11)12-4)6-10(7,2)3/h8H,1,5-6H2,2-4H3. The van der Waals surface area contributed by atoms with Gasteiger partial charge in [-0.2, -0.15) is 0 Å². The van der Waals surface area contributed by atoms with E-state index in [-0.39, 0.29) is 17.3 Å². The summed E-state index contributed by atoms with van der Waals surface area (Å²) in [6, 6.07) is 0. The monoisotopic (exact) mass is 168 g/mol. The predicted octanol–water partition coefficient (Wildman–Crippen LogP) is 2.15. The fraction of sp³-hybridized carbons (Fsp3) is 0.700. The summed E-state index contributed by atoms with van der Waals surface area (Å²) in [7, 11) is 1.44. The minimum atomic E-state index is -0.0956. The topological polar surface area (TPSA) is 26.3 Å². The van der Waals surface area contributed by atoms with Crippen molar-refractivity contribution >= 4 is 5.97 Å². The van der Waals surface area contributed by atoms with E-state index in [1.807, 2.05) is 0 Å². The fourth-order valence-electron chi connectivity index (χ4n) is 1.74. The molecule has 0 bridgehead atoms. The molecule has 0 radical (unpaired) electrons. The second-order valence-electron chi connectivity index (χ2n) is 4.12. The number of methoxy groups -OCH3 is 1. The first kappa shape index (κ1) is 9.30. The van der Waals surface area contributed by atoms with Crippen LogP contribution in [0.4, 0.5) is 0 Å². The van der Waals surface area contributed by atoms with Crippen LogP contribution in [0.3, 0.4) is 0 Å². The van der Waals surface area contributed by atoms with Crippen molar-refractivity contribution in [2.45, 2.75) is 26.7 Å². The van der Waals surface area contributed by atoms with Gasteiger partial charge in [0.15, 0.2) is 0 Å². The first-order valence-corrected chi connectivity index (χ1v) is 4.23. The summed E-state index contributed by atoms with van der Waals surface area (Å²) < 4.78 is 4.70. The summed E-state index contributed by atoms with van der Waals surface area (Å²) in [4.78, 5) is 11.2. The van der Waals surface area contributed by atoms with Gasteiger partial charge >= 0.3 is 5.97 Å². The van der Waals surface area contributed by atoms with Gasteiger partial charge in [0.2, 0.25) is 0 Å². The van der Waals surface area contributed by atoms with Crippen molar-refractivity contribution in [3.8, 4) is 0 Å². The molecule has 0 aliphatic heterocycles. The average molecular weight is 168 g/mol. The Morgan fingerprint density at radius 3 is 2.58 bits per heavy atom. The average Bonchev–Trinajstić information content (AvgIpc) is 2.25. The van der Waals surface area contributed by atoms with Crippen LogP contribution in [0.2, 0.25) is 0 Å². The number of rotatable bonds is 1. The van der Waals surface area contributed by atoms with E-state index in [0.29, 0.717) is 0 Å². The zero-order valence-corrected chi connectivity index (χ0v) is 8.02. The van der Waals surface area contributed by atoms with Crippen molar-refractivity contribution in [3.05, 3.63) is 12.2 Å². The van der Waals surface area contributed by atoms with Gasteiger partial charge in [-0.05, 0) is 18.3 Å². The Kier molecular flexibility index (Phi) is 2.27. The van der Waals surface area contributed by atoms with E-state index < -0.39 is 0 Å². The number of hydrogen-bond donors (Lipinski definition) is 0. The molecule has 0 saturated heterocycles. The van der Waals surface area contributed by atoms with Crippen LogP contribution in [0.5, 0.6) is 0 Å². The molecule has 1 unspecified atom stereocenters. The SMILES string of the molecule is C=C1CC(C(=O)OC)CC1(C)C. The van der Waals surface area contributed by atoms with Gasteiger partial charge in [-0.15, -0.1) is 0 Å². The number of ether oxygens (including phenoxy) is 1. The van der Waals surface area contributed by atoms with Crippen molar-refractivity contribution in [1.29, 1.82) is 0 Å². The number of carbonyl (C=O) groups is 1. The lowest BCUT2D eigenvalue weighted by Gasteiger charge is -2.18. The van der Waals surface area contributed by atoms with Gasteiger partial charge in [0.1, 0.15) is 0 Å². The van der Waals surface area contributed by atoms with Crippen LogP contribution in [0.15, 0.2) is 12.2 Å². The molecule has 1 atom stereocenters. The third-order valence-electron chi connectivity index (χ3n) is 2.74. The summed E-state index contributed by atoms with van der Waals surface area (Å²) in [6.07, 6.45) is 1.66. The second kappa shape index (κ2) is 2.92. The highest BCUT2D eigenvalue weighted by atomic mass is 16.5. The van der Waals surface area contributed by atoms with Gasteiger partial charge < -0.3 is 4.74 Å². The molecule has 0 heterocycles. The van der Waals surface area contributed by atoms with E-state index in [1.165, 1.54) is 7.11 Å². The molecule has 1 rings (SSSR count). The minimum Gasteiger partial charge on any atom is -0.469 e. The third kappa shape index (κ3) is 1.52. The van der Waals surface area contributed by atoms with Crippen LogP contribution in [0, 0.1) is 11.3 Å². The summed E-state index contributed by atoms with van der Waals surface area (Å²) in [5.41, 5.74) is 1.27. The molecule has 0 aromatic heterocycles. The zero-order chi connectivity index (χ0) is 9.35. The Labute approximate surface area is 73.6 Å². The molecule has 0 N–H and O–H groups in total. The number of esters is 1. The van der Waals surface area contributed by atoms with Crippen molar-refractivity contribution in [2.24, 2.45) is 11.3 Å². The van der Waals surface area contributed by atoms with Crippen molar-refractivity contribution in [1.82, 2.24) is 0 Å². The lowest BCUT2D eigenvalue weighted by atomic mass is 9.87. The maximum atomic E-state index is 11.2. The number of carbonyl (C=O) groups excluding carboxylic acids is 1. The number of allylic oxidation sites excluding steroid dienone is 1. The molecular weight excluding hydrogens is 152 g/mol. The van der Waals surface area contributed by atoms with Gasteiger partial charge in [-0.1, -0.05) is 26.0 Å². The fourth-order valence-corrected chi connectivity index (χ4v) is 1.74. The second-order valence-corrected chi connectivity index (χ2v) is 4.12. The third-order valence-corrected chi connectivity index (χ3v) is 2.74. The highest BCUT2D eigenvalue weighted by molar-refractivity contribution is 5.73. The molecule has 0 amide bonds. The Bertz CT molecular complexity index is 216. The molecule has 68 valence electrons. The van der Waals surface area contributed by atoms with Crippen LogP contribution in [-0.4, -0.2) is 13.1 Å². The lowest BCUT2D eigenvalue weighted by molar-refractivity contribution is -0.145. The van der Waals surface area contributed by atoms with Crippen LogP contribution in [0.1, 0.15) is 26.7 Å². The Hall–Kier alpha value is -0.790. The summed E-state index contributed by atoms with van der Waals surface area (Å²) in [5, 5.41) is 0. The van der Waals surface area contributed by atoms with E-state index in [1.54, 1.807) is 0 Å². The molecule has 2 nitrogen and oxygen atoms in total. The van der Waals surface area contributed by atoms with E-state index >= 15 is 0 Å². The van der Waals surface area contributed by atoms with Gasteiger partial charge in [0, 0.05) is 0 Å². The van der Waals surface area contributed by atoms with E-state index in [9.17, 15) is 4.79 Å². The van der Waals surface area contributed by atoms with Crippen LogP contribution >= 0.6 is 0 Å². The maximum Gasteiger partial charge on any atom is 0.309 e. The molecule has 1 saturated carbocycles. The van der Waals surface area contributed by atoms with E-state index in [2.05, 4.69) is 20.4 Å². The highest BCUT2D eigenvalue weighted by Crippen LogP contribution is 2.44. The molecule has 1 aliphatic carbocycles. The van der Waals surface area contributed by atoms with Crippen LogP contribution in [0.25, 0.3) is 0 Å². The zero-order valence-electron chi connectivity index (χ0n) is 8.02. The predicted molar refractivity (Wildman–Crippen MR) is 47.7 cm³/mol. The van der Waals surface area contributed by atoms with Gasteiger partial charge in [-0.3, -0.25) is 4.79 Å². The molecular formula is C10H16O2. The Morgan fingerprint density at radius 1 is 1.67 bits per heavy atom. The molecule has 0 spiro atoms. The number of hydrogen-bond acceptors (Lipinski definition) is 2. The van der Waals surface area contributed by atoms with Crippen LogP contribution in [-0.2, 0) is 9.53 Å². The van der Waals surface area contributed by atoms with E-state index in [0.717, 1.165) is 18.4 Å². The Balaban J connectivity index is 2.67. The van der Waals surface area contributed by atoms with Crippen LogP contribution < -0.4 is 0 Å². The molecule has 1 aliphatic rings. The van der Waals surface area contributed by atoms with Gasteiger partial charge in [-0.25, -0.2) is 0 Å². The summed E-state index contributed by atoms with van der Waals surface area (Å²) in [5.74, 6) is -0.0563. The molecule has 1 fully saturated rings. The van der Waals surface area contributed by atoms with Crippen molar-refractivity contribution < 1.29 is 9.53 Å². The summed E-state index contributed by atoms with van der Waals surface area (Å²) >= 11 is 0. The van der Waals surface area contributed by atoms with Crippen molar-refractivity contribution in [3.63, 3.8) is 0 Å². The molecule has 0 aromatic carbocycles. The molecule has 0 aromatic rings. The van der Waals surface area contributed by atoms with Crippen molar-refractivity contribution in [2.75, 3.05) is 7.11 Å². The Morgan fingerprint density at radius 2 is 2.25 bits per heavy atom. The summed E-state index contributed by atoms with van der Waals surface area (Å²) in [6.45, 7) is 8.21. The largest absolute Gasteiger partial charge is 0.469 e. The highest BCUT2D eigenvalue weighted by Gasteiger charge is 2.38. The molecule has 2 heteroatoms. The maximum absolute atomic E-state index is 11.2. The minimum absolute atomic E-state index is 0.0394. The van der Waals surface area contributed by atoms with E-state index in [4.69, 9.17) is 4.74 Å². The first-order chi connectivity index (χ1) is 5.47. The lowest BCUT2D eigenvalue weighted by Crippen LogP contribution is -2.14. The normalized spacial score (nSPS) is 27.2. The quantitative estimate of drug-likeness (QED) is 0.443. The smallest absolute Gasteiger partial charge is 0.309 e. The van der Waals surface area contributed by atoms with Gasteiger partial charge in [0.05, 0.1) is 13.0 Å².